The average Bonchev–Trinajstić information content (AvgIpc) is 1.99. The number of ether oxygens (including phenoxy) is 1. The molecule has 0 rings (SSSR count). The molecule has 0 amide bonds. The molecule has 0 aliphatic rings. The summed E-state index contributed by atoms with van der Waals surface area (Å²) >= 11 is 0. The van der Waals surface area contributed by atoms with Gasteiger partial charge in [0.05, 0.1) is 19.3 Å². The van der Waals surface area contributed by atoms with Crippen LogP contribution in [0, 0.1) is 0 Å². The van der Waals surface area contributed by atoms with E-state index in [1.165, 1.54) is 0 Å². The van der Waals surface area contributed by atoms with Gasteiger partial charge in [0.1, 0.15) is 0 Å². The summed E-state index contributed by atoms with van der Waals surface area (Å²) in [6.07, 6.45) is -0.725. The van der Waals surface area contributed by atoms with Crippen LogP contribution in [-0.4, -0.2) is 25.0 Å². The highest BCUT2D eigenvalue weighted by atomic mass is 31.2. The van der Waals surface area contributed by atoms with Crippen molar-refractivity contribution in [2.45, 2.75) is 39.9 Å². The normalized spacial score (nSPS) is 12.2. The van der Waals surface area contributed by atoms with Gasteiger partial charge in [0.2, 0.25) is 0 Å². The third-order valence-corrected chi connectivity index (χ3v) is 3.13. The number of rotatable bonds is 5. The van der Waals surface area contributed by atoms with Gasteiger partial charge in [-0.3, -0.25) is 9.05 Å². The van der Waals surface area contributed by atoms with Gasteiger partial charge in [-0.1, -0.05) is 0 Å². The summed E-state index contributed by atoms with van der Waals surface area (Å²) in [5, 5.41) is 0. The monoisotopic (exact) mass is 224 g/mol. The van der Waals surface area contributed by atoms with Crippen molar-refractivity contribution in [2.24, 2.45) is 0 Å². The van der Waals surface area contributed by atoms with Gasteiger partial charge in [0, 0.05) is 0 Å². The van der Waals surface area contributed by atoms with Crippen molar-refractivity contribution in [1.82, 2.24) is 0 Å². The van der Waals surface area contributed by atoms with Crippen molar-refractivity contribution in [1.29, 1.82) is 0 Å². The summed E-state index contributed by atoms with van der Waals surface area (Å²) in [5.74, 6) is 0. The first-order chi connectivity index (χ1) is 6.31. The number of hydrogen-bond acceptors (Lipinski definition) is 5. The lowest BCUT2D eigenvalue weighted by atomic mass is 10.5. The molecule has 14 heavy (non-hydrogen) atoms. The predicted octanol–water partition coefficient (Wildman–Crippen LogP) is 2.80. The Morgan fingerprint density at radius 1 is 1.07 bits per heavy atom. The Labute approximate surface area is 84.3 Å². The van der Waals surface area contributed by atoms with Crippen molar-refractivity contribution in [3.63, 3.8) is 0 Å². The molecule has 0 aliphatic heterocycles. The zero-order valence-corrected chi connectivity index (χ0v) is 10.0. The molecule has 0 radical (unpaired) electrons. The van der Waals surface area contributed by atoms with Gasteiger partial charge in [-0.05, 0) is 27.7 Å². The Morgan fingerprint density at radius 3 is 1.64 bits per heavy atom. The van der Waals surface area contributed by atoms with E-state index >= 15 is 0 Å². The van der Waals surface area contributed by atoms with E-state index in [-0.39, 0.29) is 12.2 Å². The first kappa shape index (κ1) is 13.6. The van der Waals surface area contributed by atoms with Crippen LogP contribution < -0.4 is 0 Å². The van der Waals surface area contributed by atoms with E-state index in [1.54, 1.807) is 27.7 Å². The Bertz CT molecular complexity index is 222. The van der Waals surface area contributed by atoms with E-state index in [1.807, 2.05) is 0 Å². The minimum atomic E-state index is -3.78. The lowest BCUT2D eigenvalue weighted by Crippen LogP contribution is -2.14. The third-order valence-electron chi connectivity index (χ3n) is 1.10. The molecule has 0 aromatic rings. The first-order valence-corrected chi connectivity index (χ1v) is 5.91. The van der Waals surface area contributed by atoms with Crippen LogP contribution in [0.3, 0.4) is 0 Å². The summed E-state index contributed by atoms with van der Waals surface area (Å²) in [5.41, 5.74) is -0.958. The summed E-state index contributed by atoms with van der Waals surface area (Å²) < 4.78 is 26.1. The maximum absolute atomic E-state index is 11.8. The van der Waals surface area contributed by atoms with Crippen LogP contribution in [0.2, 0.25) is 0 Å². The van der Waals surface area contributed by atoms with Gasteiger partial charge in [-0.15, -0.1) is 0 Å². The fourth-order valence-electron chi connectivity index (χ4n) is 0.778. The topological polar surface area (TPSA) is 61.8 Å². The molecule has 0 unspecified atom stereocenters. The van der Waals surface area contributed by atoms with Crippen molar-refractivity contribution in [3.05, 3.63) is 0 Å². The second-order valence-corrected chi connectivity index (χ2v) is 5.06. The van der Waals surface area contributed by atoms with E-state index in [2.05, 4.69) is 4.74 Å². The highest BCUT2D eigenvalue weighted by Gasteiger charge is 2.38. The van der Waals surface area contributed by atoms with Gasteiger partial charge in [0.15, 0.2) is 0 Å². The molecule has 0 spiro atoms. The summed E-state index contributed by atoms with van der Waals surface area (Å²) in [6.45, 7) is 6.66. The van der Waals surface area contributed by atoms with Crippen molar-refractivity contribution in [3.8, 4) is 0 Å². The van der Waals surface area contributed by atoms with Gasteiger partial charge in [-0.2, -0.15) is 0 Å². The molecule has 0 heterocycles. The molecule has 0 aliphatic carbocycles. The van der Waals surface area contributed by atoms with Crippen LogP contribution in [-0.2, 0) is 18.3 Å². The Kier molecular flexibility index (Phi) is 5.34. The van der Waals surface area contributed by atoms with Crippen LogP contribution in [0.1, 0.15) is 27.7 Å². The van der Waals surface area contributed by atoms with Gasteiger partial charge in [-0.25, -0.2) is 9.36 Å². The van der Waals surface area contributed by atoms with Crippen LogP contribution in [0.4, 0.5) is 4.79 Å². The van der Waals surface area contributed by atoms with Crippen LogP contribution >= 0.6 is 7.60 Å². The van der Waals surface area contributed by atoms with Crippen molar-refractivity contribution < 1.29 is 23.1 Å². The molecule has 0 aromatic carbocycles. The molecule has 6 heteroatoms. The fraction of sp³-hybridized carbons (Fsp3) is 0.875. The van der Waals surface area contributed by atoms with Gasteiger partial charge < -0.3 is 4.74 Å². The molecule has 0 bridgehead atoms. The fourth-order valence-corrected chi connectivity index (χ4v) is 2.33. The Hall–Kier alpha value is -0.380. The molecule has 0 saturated carbocycles. The molecule has 0 N–H and O–H groups in total. The van der Waals surface area contributed by atoms with E-state index in [0.717, 1.165) is 7.11 Å². The molecule has 0 fully saturated rings. The number of carbonyl (C=O) groups excluding carboxylic acids is 1. The SMILES string of the molecule is COC(=O)P(=O)(OC(C)C)OC(C)C. The zero-order chi connectivity index (χ0) is 11.4. The molecule has 0 aromatic heterocycles. The van der Waals surface area contributed by atoms with E-state index < -0.39 is 13.3 Å². The minimum absolute atomic E-state index is 0.362. The lowest BCUT2D eigenvalue weighted by Gasteiger charge is -2.19. The van der Waals surface area contributed by atoms with E-state index in [9.17, 15) is 9.36 Å². The molecule has 0 saturated heterocycles. The second kappa shape index (κ2) is 5.49. The third kappa shape index (κ3) is 4.22. The number of hydrogen-bond donors (Lipinski definition) is 0. The summed E-state index contributed by atoms with van der Waals surface area (Å²) in [4.78, 5) is 11.2. The second-order valence-electron chi connectivity index (χ2n) is 3.28. The van der Waals surface area contributed by atoms with Crippen LogP contribution in [0.25, 0.3) is 0 Å². The maximum Gasteiger partial charge on any atom is 0.438 e. The molecular weight excluding hydrogens is 207 g/mol. The molecule has 5 nitrogen and oxygen atoms in total. The summed E-state index contributed by atoms with van der Waals surface area (Å²) in [6, 6.07) is 0. The molecule has 84 valence electrons. The van der Waals surface area contributed by atoms with Crippen LogP contribution in [0.5, 0.6) is 0 Å². The quantitative estimate of drug-likeness (QED) is 0.672. The van der Waals surface area contributed by atoms with Gasteiger partial charge >= 0.3 is 13.3 Å². The standard InChI is InChI=1S/C8H17O5P/c1-6(2)12-14(10,8(9)11-5)13-7(3)4/h6-7H,1-5H3. The van der Waals surface area contributed by atoms with E-state index in [0.29, 0.717) is 0 Å². The lowest BCUT2D eigenvalue weighted by molar-refractivity contribution is 0.127. The number of methoxy groups -OCH3 is 1. The number of carbonyl (C=O) groups is 1. The van der Waals surface area contributed by atoms with E-state index in [4.69, 9.17) is 9.05 Å². The highest BCUT2D eigenvalue weighted by Crippen LogP contribution is 2.51. The summed E-state index contributed by atoms with van der Waals surface area (Å²) in [7, 11) is -2.64. The largest absolute Gasteiger partial charge is 0.460 e. The molecular formula is C8H17O5P. The Balaban J connectivity index is 4.67. The zero-order valence-electron chi connectivity index (χ0n) is 9.14. The average molecular weight is 224 g/mol. The van der Waals surface area contributed by atoms with Crippen LogP contribution in [0.15, 0.2) is 0 Å². The Morgan fingerprint density at radius 2 is 1.43 bits per heavy atom. The van der Waals surface area contributed by atoms with Gasteiger partial charge in [0.25, 0.3) is 0 Å². The first-order valence-electron chi connectivity index (χ1n) is 4.37. The highest BCUT2D eigenvalue weighted by molar-refractivity contribution is 7.71. The van der Waals surface area contributed by atoms with Crippen molar-refractivity contribution >= 4 is 13.3 Å². The predicted molar refractivity (Wildman–Crippen MR) is 52.5 cm³/mol. The maximum atomic E-state index is 11.8. The van der Waals surface area contributed by atoms with Crippen molar-refractivity contribution in [2.75, 3.05) is 7.11 Å². The smallest absolute Gasteiger partial charge is 0.438 e. The minimum Gasteiger partial charge on any atom is -0.460 e. The molecule has 0 atom stereocenters.